The molecule has 2 fully saturated rings. The molecule has 152 valence electrons. The maximum Gasteiger partial charge on any atom is 0.252 e. The van der Waals surface area contributed by atoms with Gasteiger partial charge in [-0.2, -0.15) is 5.53 Å². The molecule has 0 radical (unpaired) electrons. The van der Waals surface area contributed by atoms with Gasteiger partial charge in [0.2, 0.25) is 0 Å². The van der Waals surface area contributed by atoms with E-state index in [2.05, 4.69) is 23.2 Å². The van der Waals surface area contributed by atoms with Gasteiger partial charge in [0.15, 0.2) is 0 Å². The molecule has 2 atom stereocenters. The normalized spacial score (nSPS) is 21.8. The van der Waals surface area contributed by atoms with E-state index in [1.165, 1.54) is 57.8 Å². The SMILES string of the molecule is CCCCCCCCCCN[C@@H](CC1CC1)C(=O)NNN1CCC(O)C1. The van der Waals surface area contributed by atoms with Crippen molar-refractivity contribution >= 4 is 5.91 Å². The number of β-amino-alcohol motifs (C(OH)–C–C–N with tert-alkyl or cyclic N) is 1. The highest BCUT2D eigenvalue weighted by Gasteiger charge is 2.29. The molecule has 26 heavy (non-hydrogen) atoms. The standard InChI is InChI=1S/C20H40N4O2/c1-2-3-4-5-6-7-8-9-13-21-19(15-17-10-11-17)20(26)22-23-24-14-12-18(25)16-24/h17-19,21,23,25H,2-16H2,1H3,(H,22,26)/t18?,19-/m0/s1. The highest BCUT2D eigenvalue weighted by atomic mass is 16.3. The van der Waals surface area contributed by atoms with Crippen molar-refractivity contribution in [2.45, 2.75) is 96.1 Å². The van der Waals surface area contributed by atoms with Crippen molar-refractivity contribution < 1.29 is 9.90 Å². The van der Waals surface area contributed by atoms with Gasteiger partial charge in [-0.05, 0) is 31.7 Å². The summed E-state index contributed by atoms with van der Waals surface area (Å²) in [4.78, 5) is 12.5. The third kappa shape index (κ3) is 9.31. The highest BCUT2D eigenvalue weighted by Crippen LogP contribution is 2.33. The van der Waals surface area contributed by atoms with E-state index in [9.17, 15) is 9.90 Å². The molecule has 0 aromatic heterocycles. The van der Waals surface area contributed by atoms with E-state index >= 15 is 0 Å². The van der Waals surface area contributed by atoms with Gasteiger partial charge in [0.05, 0.1) is 12.1 Å². The predicted octanol–water partition coefficient (Wildman–Crippen LogP) is 2.49. The average molecular weight is 369 g/mol. The van der Waals surface area contributed by atoms with Gasteiger partial charge in [0.1, 0.15) is 0 Å². The van der Waals surface area contributed by atoms with Crippen LogP contribution in [0.5, 0.6) is 0 Å². The van der Waals surface area contributed by atoms with Gasteiger partial charge in [-0.15, -0.1) is 0 Å². The topological polar surface area (TPSA) is 76.6 Å². The molecule has 0 bridgehead atoms. The monoisotopic (exact) mass is 368 g/mol. The van der Waals surface area contributed by atoms with E-state index in [0.29, 0.717) is 12.5 Å². The van der Waals surface area contributed by atoms with E-state index in [1.807, 2.05) is 5.01 Å². The van der Waals surface area contributed by atoms with E-state index in [1.54, 1.807) is 0 Å². The summed E-state index contributed by atoms with van der Waals surface area (Å²) in [5, 5.41) is 14.9. The summed E-state index contributed by atoms with van der Waals surface area (Å²) >= 11 is 0. The largest absolute Gasteiger partial charge is 0.392 e. The van der Waals surface area contributed by atoms with Crippen LogP contribution in [0, 0.1) is 5.92 Å². The molecule has 2 rings (SSSR count). The van der Waals surface area contributed by atoms with Crippen molar-refractivity contribution in [1.82, 2.24) is 21.3 Å². The number of hydrazine groups is 2. The van der Waals surface area contributed by atoms with Crippen LogP contribution in [0.4, 0.5) is 0 Å². The third-order valence-electron chi connectivity index (χ3n) is 5.50. The first-order valence-corrected chi connectivity index (χ1v) is 10.9. The Balaban J connectivity index is 1.55. The lowest BCUT2D eigenvalue weighted by Gasteiger charge is -2.22. The average Bonchev–Trinajstić information content (AvgIpc) is 3.36. The van der Waals surface area contributed by atoms with Crippen LogP contribution in [-0.4, -0.2) is 47.8 Å². The summed E-state index contributed by atoms with van der Waals surface area (Å²) in [5.41, 5.74) is 5.78. The number of carbonyl (C=O) groups excluding carboxylic acids is 1. The molecular weight excluding hydrogens is 328 g/mol. The second-order valence-electron chi connectivity index (χ2n) is 8.15. The van der Waals surface area contributed by atoms with Crippen LogP contribution in [0.15, 0.2) is 0 Å². The molecule has 1 saturated heterocycles. The van der Waals surface area contributed by atoms with Crippen molar-refractivity contribution in [1.29, 1.82) is 0 Å². The van der Waals surface area contributed by atoms with Gasteiger partial charge in [-0.25, -0.2) is 5.01 Å². The molecule has 1 heterocycles. The van der Waals surface area contributed by atoms with E-state index in [4.69, 9.17) is 0 Å². The molecular formula is C20H40N4O2. The van der Waals surface area contributed by atoms with Crippen molar-refractivity contribution in [2.24, 2.45) is 5.92 Å². The molecule has 1 unspecified atom stereocenters. The van der Waals surface area contributed by atoms with Crippen LogP contribution >= 0.6 is 0 Å². The first-order valence-electron chi connectivity index (χ1n) is 10.9. The van der Waals surface area contributed by atoms with Crippen molar-refractivity contribution in [3.05, 3.63) is 0 Å². The maximum atomic E-state index is 12.5. The number of unbranched alkanes of at least 4 members (excludes halogenated alkanes) is 7. The van der Waals surface area contributed by atoms with Gasteiger partial charge in [0, 0.05) is 13.1 Å². The second-order valence-corrected chi connectivity index (χ2v) is 8.15. The van der Waals surface area contributed by atoms with Crippen LogP contribution < -0.4 is 16.3 Å². The van der Waals surface area contributed by atoms with E-state index < -0.39 is 0 Å². The maximum absolute atomic E-state index is 12.5. The van der Waals surface area contributed by atoms with Crippen LogP contribution in [0.3, 0.4) is 0 Å². The molecule has 1 saturated carbocycles. The lowest BCUT2D eigenvalue weighted by atomic mass is 10.1. The zero-order chi connectivity index (χ0) is 18.6. The Morgan fingerprint density at radius 3 is 2.38 bits per heavy atom. The lowest BCUT2D eigenvalue weighted by molar-refractivity contribution is -0.126. The molecule has 1 amide bonds. The molecule has 4 N–H and O–H groups in total. The first-order chi connectivity index (χ1) is 12.7. The number of aliphatic hydroxyl groups excluding tert-OH is 1. The zero-order valence-electron chi connectivity index (χ0n) is 16.6. The minimum Gasteiger partial charge on any atom is -0.392 e. The molecule has 6 heteroatoms. The number of rotatable bonds is 15. The number of nitrogens with zero attached hydrogens (tertiary/aromatic N) is 1. The van der Waals surface area contributed by atoms with Crippen LogP contribution in [-0.2, 0) is 4.79 Å². The van der Waals surface area contributed by atoms with Gasteiger partial charge in [-0.1, -0.05) is 64.7 Å². The third-order valence-corrected chi connectivity index (χ3v) is 5.50. The molecule has 1 aliphatic heterocycles. The van der Waals surface area contributed by atoms with Gasteiger partial charge >= 0.3 is 0 Å². The minimum absolute atomic E-state index is 0.0258. The number of amides is 1. The summed E-state index contributed by atoms with van der Waals surface area (Å²) in [6.45, 7) is 4.51. The van der Waals surface area contributed by atoms with Gasteiger partial charge in [0.25, 0.3) is 5.91 Å². The Morgan fingerprint density at radius 1 is 1.08 bits per heavy atom. The summed E-state index contributed by atoms with van der Waals surface area (Å²) < 4.78 is 0. The fraction of sp³-hybridized carbons (Fsp3) is 0.950. The van der Waals surface area contributed by atoms with Crippen LogP contribution in [0.1, 0.15) is 84.0 Å². The Morgan fingerprint density at radius 2 is 1.77 bits per heavy atom. The lowest BCUT2D eigenvalue weighted by Crippen LogP contribution is -2.54. The van der Waals surface area contributed by atoms with Crippen LogP contribution in [0.2, 0.25) is 0 Å². The van der Waals surface area contributed by atoms with Gasteiger partial charge in [-0.3, -0.25) is 10.2 Å². The quantitative estimate of drug-likeness (QED) is 0.264. The fourth-order valence-electron chi connectivity index (χ4n) is 3.57. The van der Waals surface area contributed by atoms with E-state index in [0.717, 1.165) is 32.4 Å². The first kappa shape index (κ1) is 21.6. The Labute approximate surface area is 159 Å². The minimum atomic E-state index is -0.290. The summed E-state index contributed by atoms with van der Waals surface area (Å²) in [6, 6.07) is -0.105. The zero-order valence-corrected chi connectivity index (χ0v) is 16.6. The number of hydrogen-bond acceptors (Lipinski definition) is 5. The van der Waals surface area contributed by atoms with Gasteiger partial charge < -0.3 is 10.4 Å². The van der Waals surface area contributed by atoms with E-state index in [-0.39, 0.29) is 18.1 Å². The Bertz CT molecular complexity index is 390. The number of nitrogens with one attached hydrogen (secondary N) is 3. The number of carbonyl (C=O) groups is 1. The predicted molar refractivity (Wildman–Crippen MR) is 105 cm³/mol. The van der Waals surface area contributed by atoms with Crippen molar-refractivity contribution in [3.63, 3.8) is 0 Å². The summed E-state index contributed by atoms with van der Waals surface area (Å²) in [5.74, 6) is 0.739. The smallest absolute Gasteiger partial charge is 0.252 e. The molecule has 0 aromatic carbocycles. The number of aliphatic hydroxyl groups is 1. The summed E-state index contributed by atoms with van der Waals surface area (Å²) in [6.07, 6.45) is 14.4. The molecule has 0 aromatic rings. The molecule has 1 aliphatic carbocycles. The second kappa shape index (κ2) is 12.7. The Hall–Kier alpha value is -0.690. The highest BCUT2D eigenvalue weighted by molar-refractivity contribution is 5.81. The fourth-order valence-corrected chi connectivity index (χ4v) is 3.57. The van der Waals surface area contributed by atoms with Crippen LogP contribution in [0.25, 0.3) is 0 Å². The molecule has 6 nitrogen and oxygen atoms in total. The summed E-state index contributed by atoms with van der Waals surface area (Å²) in [7, 11) is 0. The van der Waals surface area contributed by atoms with Crippen molar-refractivity contribution in [3.8, 4) is 0 Å². The van der Waals surface area contributed by atoms with Crippen molar-refractivity contribution in [2.75, 3.05) is 19.6 Å². The molecule has 0 spiro atoms. The molecule has 2 aliphatic rings. The number of hydrogen-bond donors (Lipinski definition) is 4. The Kier molecular flexibility index (Phi) is 10.5.